The van der Waals surface area contributed by atoms with Gasteiger partial charge in [0, 0.05) is 0 Å². The summed E-state index contributed by atoms with van der Waals surface area (Å²) in [4.78, 5) is 0. The van der Waals surface area contributed by atoms with E-state index in [9.17, 15) is 0 Å². The number of hydrogen-bond donors (Lipinski definition) is 2. The molecule has 0 aromatic carbocycles. The molecule has 0 spiro atoms. The molecule has 2 unspecified atom stereocenters. The van der Waals surface area contributed by atoms with Crippen LogP contribution in [0.15, 0.2) is 0 Å². The van der Waals surface area contributed by atoms with Crippen LogP contribution < -0.4 is 11.1 Å². The molecule has 0 rings (SSSR count). The zero-order valence-electron chi connectivity index (χ0n) is 15.8. The van der Waals surface area contributed by atoms with Crippen LogP contribution in [0.5, 0.6) is 0 Å². The third kappa shape index (κ3) is 14.8. The number of nitrogens with two attached hydrogens (primary N) is 1. The van der Waals surface area contributed by atoms with E-state index in [1.165, 1.54) is 83.6 Å². The molecule has 0 amide bonds. The van der Waals surface area contributed by atoms with Crippen LogP contribution in [-0.2, 0) is 0 Å². The standard InChI is InChI=1S/C20H44N2/c1-4-6-7-8-9-10-11-12-13-14-15-22-18-19(3)16-20(5-2)17-21/h19-20,22H,4-18,21H2,1-3H3. The van der Waals surface area contributed by atoms with E-state index >= 15 is 0 Å². The summed E-state index contributed by atoms with van der Waals surface area (Å²) in [5, 5.41) is 3.62. The van der Waals surface area contributed by atoms with Crippen molar-refractivity contribution in [1.29, 1.82) is 0 Å². The fourth-order valence-electron chi connectivity index (χ4n) is 3.17. The smallest absolute Gasteiger partial charge is 0.00230 e. The fourth-order valence-corrected chi connectivity index (χ4v) is 3.17. The Morgan fingerprint density at radius 1 is 0.818 bits per heavy atom. The highest BCUT2D eigenvalue weighted by molar-refractivity contribution is 4.65. The Morgan fingerprint density at radius 3 is 1.86 bits per heavy atom. The minimum Gasteiger partial charge on any atom is -0.330 e. The normalized spacial score (nSPS) is 14.2. The Labute approximate surface area is 141 Å². The molecule has 0 aliphatic heterocycles. The van der Waals surface area contributed by atoms with E-state index in [0.717, 1.165) is 19.0 Å². The van der Waals surface area contributed by atoms with Crippen molar-refractivity contribution >= 4 is 0 Å². The van der Waals surface area contributed by atoms with Crippen molar-refractivity contribution in [2.24, 2.45) is 17.6 Å². The first-order chi connectivity index (χ1) is 10.7. The second-order valence-corrected chi connectivity index (χ2v) is 7.24. The van der Waals surface area contributed by atoms with Crippen molar-refractivity contribution in [3.63, 3.8) is 0 Å². The second-order valence-electron chi connectivity index (χ2n) is 7.24. The molecule has 2 heteroatoms. The molecule has 0 bridgehead atoms. The van der Waals surface area contributed by atoms with Gasteiger partial charge in [-0.2, -0.15) is 0 Å². The van der Waals surface area contributed by atoms with Gasteiger partial charge in [0.25, 0.3) is 0 Å². The molecular formula is C20H44N2. The van der Waals surface area contributed by atoms with Crippen LogP contribution in [0.25, 0.3) is 0 Å². The summed E-state index contributed by atoms with van der Waals surface area (Å²) in [5.41, 5.74) is 5.78. The molecule has 0 saturated heterocycles. The Kier molecular flexibility index (Phi) is 17.2. The lowest BCUT2D eigenvalue weighted by Gasteiger charge is -2.18. The average Bonchev–Trinajstić information content (AvgIpc) is 2.53. The van der Waals surface area contributed by atoms with E-state index in [-0.39, 0.29) is 0 Å². The van der Waals surface area contributed by atoms with Gasteiger partial charge in [0.2, 0.25) is 0 Å². The third-order valence-electron chi connectivity index (χ3n) is 4.85. The van der Waals surface area contributed by atoms with Gasteiger partial charge in [-0.3, -0.25) is 0 Å². The molecule has 0 aliphatic rings. The quantitative estimate of drug-likeness (QED) is 0.348. The zero-order valence-corrected chi connectivity index (χ0v) is 15.8. The SMILES string of the molecule is CCCCCCCCCCCCNCC(C)CC(CC)CN. The van der Waals surface area contributed by atoms with Crippen LogP contribution in [0.4, 0.5) is 0 Å². The van der Waals surface area contributed by atoms with Gasteiger partial charge in [0.1, 0.15) is 0 Å². The second kappa shape index (κ2) is 17.3. The van der Waals surface area contributed by atoms with Crippen LogP contribution in [0.2, 0.25) is 0 Å². The fraction of sp³-hybridized carbons (Fsp3) is 1.00. The maximum Gasteiger partial charge on any atom is -0.00230 e. The van der Waals surface area contributed by atoms with Crippen molar-refractivity contribution in [3.05, 3.63) is 0 Å². The molecule has 2 nitrogen and oxygen atoms in total. The lowest BCUT2D eigenvalue weighted by atomic mass is 9.94. The monoisotopic (exact) mass is 312 g/mol. The summed E-state index contributed by atoms with van der Waals surface area (Å²) in [6, 6.07) is 0. The summed E-state index contributed by atoms with van der Waals surface area (Å²) in [7, 11) is 0. The topological polar surface area (TPSA) is 38.0 Å². The molecule has 0 fully saturated rings. The predicted octanol–water partition coefficient (Wildman–Crippen LogP) is 5.51. The molecular weight excluding hydrogens is 268 g/mol. The minimum absolute atomic E-state index is 0.717. The van der Waals surface area contributed by atoms with Crippen molar-refractivity contribution in [1.82, 2.24) is 5.32 Å². The Balaban J connectivity index is 3.19. The van der Waals surface area contributed by atoms with Gasteiger partial charge < -0.3 is 11.1 Å². The van der Waals surface area contributed by atoms with Gasteiger partial charge in [0.05, 0.1) is 0 Å². The highest BCUT2D eigenvalue weighted by Crippen LogP contribution is 2.14. The van der Waals surface area contributed by atoms with Gasteiger partial charge in [-0.15, -0.1) is 0 Å². The van der Waals surface area contributed by atoms with Crippen LogP contribution in [-0.4, -0.2) is 19.6 Å². The first-order valence-corrected chi connectivity index (χ1v) is 10.1. The zero-order chi connectivity index (χ0) is 16.5. The van der Waals surface area contributed by atoms with Gasteiger partial charge in [-0.1, -0.05) is 85.0 Å². The lowest BCUT2D eigenvalue weighted by molar-refractivity contribution is 0.371. The first kappa shape index (κ1) is 21.9. The summed E-state index contributed by atoms with van der Waals surface area (Å²) < 4.78 is 0. The molecule has 22 heavy (non-hydrogen) atoms. The summed E-state index contributed by atoms with van der Waals surface area (Å²) >= 11 is 0. The van der Waals surface area contributed by atoms with Gasteiger partial charge in [-0.05, 0) is 44.3 Å². The molecule has 0 heterocycles. The number of nitrogens with one attached hydrogen (secondary N) is 1. The van der Waals surface area contributed by atoms with E-state index in [2.05, 4.69) is 26.1 Å². The Morgan fingerprint density at radius 2 is 1.36 bits per heavy atom. The molecule has 0 saturated carbocycles. The van der Waals surface area contributed by atoms with Gasteiger partial charge in [0.15, 0.2) is 0 Å². The van der Waals surface area contributed by atoms with Crippen LogP contribution in [0.1, 0.15) is 97.8 Å². The molecule has 0 radical (unpaired) electrons. The van der Waals surface area contributed by atoms with Crippen molar-refractivity contribution < 1.29 is 0 Å². The summed E-state index contributed by atoms with van der Waals surface area (Å²) in [5.74, 6) is 1.48. The average molecular weight is 313 g/mol. The van der Waals surface area contributed by atoms with Crippen molar-refractivity contribution in [2.75, 3.05) is 19.6 Å². The molecule has 0 aromatic rings. The van der Waals surface area contributed by atoms with E-state index < -0.39 is 0 Å². The summed E-state index contributed by atoms with van der Waals surface area (Å²) in [6.45, 7) is 10.1. The van der Waals surface area contributed by atoms with Crippen LogP contribution >= 0.6 is 0 Å². The van der Waals surface area contributed by atoms with Gasteiger partial charge in [-0.25, -0.2) is 0 Å². The number of rotatable bonds is 17. The Hall–Kier alpha value is -0.0800. The van der Waals surface area contributed by atoms with Crippen molar-refractivity contribution in [2.45, 2.75) is 97.8 Å². The van der Waals surface area contributed by atoms with Crippen LogP contribution in [0.3, 0.4) is 0 Å². The lowest BCUT2D eigenvalue weighted by Crippen LogP contribution is -2.25. The molecule has 134 valence electrons. The van der Waals surface area contributed by atoms with E-state index in [1.807, 2.05) is 0 Å². The van der Waals surface area contributed by atoms with Gasteiger partial charge >= 0.3 is 0 Å². The highest BCUT2D eigenvalue weighted by atomic mass is 14.8. The predicted molar refractivity (Wildman–Crippen MR) is 101 cm³/mol. The van der Waals surface area contributed by atoms with Crippen LogP contribution in [0, 0.1) is 11.8 Å². The maximum absolute atomic E-state index is 5.78. The summed E-state index contributed by atoms with van der Waals surface area (Å²) in [6.07, 6.45) is 16.7. The number of unbranched alkanes of at least 4 members (excludes halogenated alkanes) is 9. The minimum atomic E-state index is 0.717. The molecule has 2 atom stereocenters. The maximum atomic E-state index is 5.78. The van der Waals surface area contributed by atoms with Crippen molar-refractivity contribution in [3.8, 4) is 0 Å². The van der Waals surface area contributed by atoms with E-state index in [4.69, 9.17) is 5.73 Å². The third-order valence-corrected chi connectivity index (χ3v) is 4.85. The molecule has 0 aliphatic carbocycles. The molecule has 3 N–H and O–H groups in total. The first-order valence-electron chi connectivity index (χ1n) is 10.1. The van der Waals surface area contributed by atoms with E-state index in [1.54, 1.807) is 0 Å². The molecule has 0 aromatic heterocycles. The largest absolute Gasteiger partial charge is 0.330 e. The number of hydrogen-bond acceptors (Lipinski definition) is 2. The van der Waals surface area contributed by atoms with E-state index in [0.29, 0.717) is 5.92 Å². The highest BCUT2D eigenvalue weighted by Gasteiger charge is 2.09. The Bertz CT molecular complexity index is 202.